The zero-order valence-corrected chi connectivity index (χ0v) is 36.3. The Hall–Kier alpha value is -6.32. The fourth-order valence-electron chi connectivity index (χ4n) is 7.02. The molecule has 4 N–H and O–H groups in total. The molecular formula is C48H59FN6O8. The highest BCUT2D eigenvalue weighted by atomic mass is 19.1. The smallest absolute Gasteiger partial charge is 0.408 e. The molecule has 4 aromatic carbocycles. The number of benzene rings is 4. The molecule has 1 aliphatic heterocycles. The van der Waals surface area contributed by atoms with Crippen molar-refractivity contribution in [3.63, 3.8) is 0 Å². The van der Waals surface area contributed by atoms with Crippen LogP contribution in [0.15, 0.2) is 115 Å². The van der Waals surface area contributed by atoms with Gasteiger partial charge >= 0.3 is 18.2 Å². The van der Waals surface area contributed by atoms with Gasteiger partial charge < -0.3 is 30.3 Å². The van der Waals surface area contributed by atoms with E-state index in [9.17, 15) is 28.4 Å². The number of rotatable bonds is 20. The first-order chi connectivity index (χ1) is 30.4. The van der Waals surface area contributed by atoms with Gasteiger partial charge in [-0.3, -0.25) is 15.0 Å². The van der Waals surface area contributed by atoms with E-state index in [-0.39, 0.29) is 32.7 Å². The fraction of sp³-hybridized carbons (Fsp3) is 0.396. The van der Waals surface area contributed by atoms with Crippen LogP contribution in [0.1, 0.15) is 69.2 Å². The molecule has 4 amide bonds. The summed E-state index contributed by atoms with van der Waals surface area (Å²) in [5.41, 5.74) is 6.01. The molecule has 1 fully saturated rings. The molecule has 0 radical (unpaired) electrons. The van der Waals surface area contributed by atoms with E-state index < -0.39 is 71.8 Å². The molecule has 0 saturated carbocycles. The molecule has 14 nitrogen and oxygen atoms in total. The van der Waals surface area contributed by atoms with E-state index in [4.69, 9.17) is 14.3 Å². The van der Waals surface area contributed by atoms with Gasteiger partial charge in [-0.25, -0.2) is 23.8 Å². The van der Waals surface area contributed by atoms with Crippen molar-refractivity contribution in [1.29, 1.82) is 0 Å². The number of alkyl carbamates (subject to hydrolysis) is 2. The van der Waals surface area contributed by atoms with E-state index >= 15 is 0 Å². The first-order valence-electron chi connectivity index (χ1n) is 21.4. The highest BCUT2D eigenvalue weighted by molar-refractivity contribution is 5.87. The van der Waals surface area contributed by atoms with Crippen molar-refractivity contribution in [3.05, 3.63) is 143 Å². The zero-order valence-electron chi connectivity index (χ0n) is 36.3. The van der Waals surface area contributed by atoms with Crippen molar-refractivity contribution in [1.82, 2.24) is 31.4 Å². The molecule has 5 rings (SSSR count). The number of aryl methyl sites for hydroxylation is 1. The third kappa shape index (κ3) is 15.5. The molecule has 336 valence electrons. The Bertz CT molecular complexity index is 2050. The summed E-state index contributed by atoms with van der Waals surface area (Å²) in [4.78, 5) is 75.4. The molecule has 15 heteroatoms. The van der Waals surface area contributed by atoms with Crippen LogP contribution in [0.5, 0.6) is 0 Å². The van der Waals surface area contributed by atoms with Gasteiger partial charge in [-0.2, -0.15) is 5.06 Å². The van der Waals surface area contributed by atoms with E-state index in [1.807, 2.05) is 91.0 Å². The normalized spacial score (nSPS) is 15.0. The molecular weight excluding hydrogens is 808 g/mol. The predicted molar refractivity (Wildman–Crippen MR) is 234 cm³/mol. The molecule has 0 aliphatic carbocycles. The SMILES string of the molecule is CC(C)[C@H](NC(=O)OCc1ccccc1)C(=O)NN(Cc1ccc(F)cc1)C[C@H](CCc1ccccc1)N(OC(=O)C1CCCN1)C(=O)[C@@H](NC(=O)OCc1ccccc1)C(C)C. The number of hydrazine groups is 1. The van der Waals surface area contributed by atoms with Crippen LogP contribution < -0.4 is 21.4 Å². The van der Waals surface area contributed by atoms with Crippen molar-refractivity contribution in [2.24, 2.45) is 11.8 Å². The third-order valence-electron chi connectivity index (χ3n) is 10.5. The number of nitrogens with one attached hydrogen (secondary N) is 4. The zero-order chi connectivity index (χ0) is 45.1. The van der Waals surface area contributed by atoms with Crippen LogP contribution in [0.4, 0.5) is 14.0 Å². The van der Waals surface area contributed by atoms with Crippen molar-refractivity contribution >= 4 is 30.0 Å². The number of halogens is 1. The number of hydrogen-bond donors (Lipinski definition) is 4. The summed E-state index contributed by atoms with van der Waals surface area (Å²) < 4.78 is 25.1. The standard InChI is InChI=1S/C48H59FN6O8/c1-33(2)42(51-47(59)61-31-37-17-10-6-11-18-37)44(56)53-54(29-36-22-25-39(49)26-23-36)30-40(27-24-35-15-8-5-9-16-35)55(63-46(58)41-21-14-28-50-41)45(57)43(34(3)4)52-48(60)62-32-38-19-12-7-13-20-38/h5-13,15-20,22-23,25-26,33-34,40-43,50H,14,21,24,27-32H2,1-4H3,(H,51,59)(H,52,60)(H,53,56)/t40-,41?,42-,43-/m0/s1. The van der Waals surface area contributed by atoms with Gasteiger partial charge in [0.15, 0.2) is 0 Å². The molecule has 1 heterocycles. The minimum Gasteiger partial charge on any atom is -0.445 e. The van der Waals surface area contributed by atoms with E-state index in [0.717, 1.165) is 28.2 Å². The molecule has 1 unspecified atom stereocenters. The second-order valence-electron chi connectivity index (χ2n) is 16.2. The molecule has 1 saturated heterocycles. The summed E-state index contributed by atoms with van der Waals surface area (Å²) in [5.74, 6) is -3.30. The van der Waals surface area contributed by atoms with E-state index in [2.05, 4.69) is 21.4 Å². The van der Waals surface area contributed by atoms with Gasteiger partial charge in [-0.1, -0.05) is 131 Å². The lowest BCUT2D eigenvalue weighted by Gasteiger charge is -2.37. The number of nitrogens with zero attached hydrogens (tertiary/aromatic N) is 2. The summed E-state index contributed by atoms with van der Waals surface area (Å²) in [7, 11) is 0. The van der Waals surface area contributed by atoms with Crippen molar-refractivity contribution in [3.8, 4) is 0 Å². The predicted octanol–water partition coefficient (Wildman–Crippen LogP) is 6.60. The summed E-state index contributed by atoms with van der Waals surface area (Å²) >= 11 is 0. The molecule has 1 aliphatic rings. The first-order valence-corrected chi connectivity index (χ1v) is 21.4. The number of hydroxylamine groups is 2. The Morgan fingerprint density at radius 3 is 1.73 bits per heavy atom. The van der Waals surface area contributed by atoms with Crippen LogP contribution in [0.3, 0.4) is 0 Å². The van der Waals surface area contributed by atoms with Crippen LogP contribution in [0.25, 0.3) is 0 Å². The number of ether oxygens (including phenoxy) is 2. The van der Waals surface area contributed by atoms with Gasteiger partial charge in [0.2, 0.25) is 0 Å². The molecule has 4 atom stereocenters. The number of hydrogen-bond acceptors (Lipinski definition) is 10. The summed E-state index contributed by atoms with van der Waals surface area (Å²) in [5, 5.41) is 11.1. The van der Waals surface area contributed by atoms with Crippen molar-refractivity contribution in [2.45, 2.75) is 97.3 Å². The highest BCUT2D eigenvalue weighted by Gasteiger charge is 2.39. The van der Waals surface area contributed by atoms with Crippen LogP contribution in [0.2, 0.25) is 0 Å². The molecule has 0 aromatic heterocycles. The average molecular weight is 867 g/mol. The minimum atomic E-state index is -1.20. The highest BCUT2D eigenvalue weighted by Crippen LogP contribution is 2.20. The van der Waals surface area contributed by atoms with Gasteiger partial charge in [0.1, 0.15) is 37.2 Å². The quantitative estimate of drug-likeness (QED) is 0.0711. The third-order valence-corrected chi connectivity index (χ3v) is 10.5. The lowest BCUT2D eigenvalue weighted by atomic mass is 10.0. The Balaban J connectivity index is 1.46. The largest absolute Gasteiger partial charge is 0.445 e. The van der Waals surface area contributed by atoms with Crippen molar-refractivity contribution in [2.75, 3.05) is 13.1 Å². The minimum absolute atomic E-state index is 0.00513. The van der Waals surface area contributed by atoms with Crippen molar-refractivity contribution < 1.29 is 42.7 Å². The summed E-state index contributed by atoms with van der Waals surface area (Å²) in [6.07, 6.45) is 0.258. The molecule has 4 aromatic rings. The molecule has 0 spiro atoms. The van der Waals surface area contributed by atoms with Gasteiger partial charge in [-0.15, -0.1) is 0 Å². The number of carbonyl (C=O) groups is 5. The number of amides is 4. The monoisotopic (exact) mass is 866 g/mol. The van der Waals surface area contributed by atoms with Gasteiger partial charge in [-0.05, 0) is 78.5 Å². The van der Waals surface area contributed by atoms with Crippen LogP contribution in [0, 0.1) is 17.7 Å². The van der Waals surface area contributed by atoms with Gasteiger partial charge in [0, 0.05) is 13.1 Å². The van der Waals surface area contributed by atoms with E-state index in [1.165, 1.54) is 12.1 Å². The lowest BCUT2D eigenvalue weighted by molar-refractivity contribution is -0.213. The Morgan fingerprint density at radius 1 is 0.698 bits per heavy atom. The van der Waals surface area contributed by atoms with Crippen LogP contribution in [-0.4, -0.2) is 77.3 Å². The van der Waals surface area contributed by atoms with Crippen LogP contribution in [-0.2, 0) is 54.9 Å². The summed E-state index contributed by atoms with van der Waals surface area (Å²) in [6.45, 7) is 7.52. The summed E-state index contributed by atoms with van der Waals surface area (Å²) in [6, 6.07) is 29.6. The van der Waals surface area contributed by atoms with Gasteiger partial charge in [0.25, 0.3) is 11.8 Å². The average Bonchev–Trinajstić information content (AvgIpc) is 3.84. The fourth-order valence-corrected chi connectivity index (χ4v) is 7.02. The van der Waals surface area contributed by atoms with E-state index in [1.54, 1.807) is 44.8 Å². The lowest BCUT2D eigenvalue weighted by Crippen LogP contribution is -2.60. The topological polar surface area (TPSA) is 168 Å². The Kier molecular flexibility index (Phi) is 18.4. The molecule has 63 heavy (non-hydrogen) atoms. The maximum atomic E-state index is 14.9. The van der Waals surface area contributed by atoms with Gasteiger partial charge in [0.05, 0.1) is 6.04 Å². The van der Waals surface area contributed by atoms with E-state index in [0.29, 0.717) is 24.9 Å². The molecule has 0 bridgehead atoms. The second-order valence-corrected chi connectivity index (χ2v) is 16.2. The maximum Gasteiger partial charge on any atom is 0.408 e. The second kappa shape index (κ2) is 24.4. The first kappa shape index (κ1) is 47.7. The Labute approximate surface area is 368 Å². The van der Waals surface area contributed by atoms with Crippen LogP contribution >= 0.6 is 0 Å². The number of carbonyl (C=O) groups excluding carboxylic acids is 5. The maximum absolute atomic E-state index is 14.9. The Morgan fingerprint density at radius 2 is 1.22 bits per heavy atom.